The minimum atomic E-state index is -0.218. The van der Waals surface area contributed by atoms with Crippen molar-refractivity contribution in [1.29, 1.82) is 0 Å². The number of hydrogen-bond donors (Lipinski definition) is 0. The molecule has 0 N–H and O–H groups in total. The van der Waals surface area contributed by atoms with Crippen LogP contribution in [0.5, 0.6) is 0 Å². The fourth-order valence-electron chi connectivity index (χ4n) is 1.64. The largest absolute Gasteiger partial charge is 0.857 e. The SMILES string of the molecule is CC1(C)CC([O-])=N/[N+]1=C\c1ccc(Br)cc1. The van der Waals surface area contributed by atoms with Crippen LogP contribution in [0.15, 0.2) is 33.8 Å². The van der Waals surface area contributed by atoms with Crippen LogP contribution in [-0.4, -0.2) is 22.3 Å². The van der Waals surface area contributed by atoms with Crippen LogP contribution in [0.25, 0.3) is 0 Å². The smallest absolute Gasteiger partial charge is 0.203 e. The van der Waals surface area contributed by atoms with Gasteiger partial charge in [0.15, 0.2) is 5.54 Å². The van der Waals surface area contributed by atoms with Crippen molar-refractivity contribution in [3.8, 4) is 0 Å². The molecule has 0 spiro atoms. The van der Waals surface area contributed by atoms with Crippen molar-refractivity contribution in [3.63, 3.8) is 0 Å². The van der Waals surface area contributed by atoms with Crippen molar-refractivity contribution >= 4 is 28.0 Å². The van der Waals surface area contributed by atoms with Crippen LogP contribution in [-0.2, 0) is 0 Å². The molecule has 0 radical (unpaired) electrons. The van der Waals surface area contributed by atoms with Gasteiger partial charge in [-0.15, -0.1) is 0 Å². The third-order valence-corrected chi connectivity index (χ3v) is 3.09. The van der Waals surface area contributed by atoms with Crippen molar-refractivity contribution in [3.05, 3.63) is 34.3 Å². The van der Waals surface area contributed by atoms with E-state index in [2.05, 4.69) is 21.0 Å². The van der Waals surface area contributed by atoms with Crippen molar-refractivity contribution in [2.75, 3.05) is 0 Å². The lowest BCUT2D eigenvalue weighted by Gasteiger charge is -2.11. The van der Waals surface area contributed by atoms with Crippen LogP contribution >= 0.6 is 15.9 Å². The molecular formula is C12H13BrN2O. The van der Waals surface area contributed by atoms with Crippen LogP contribution in [0.3, 0.4) is 0 Å². The number of rotatable bonds is 1. The van der Waals surface area contributed by atoms with Crippen molar-refractivity contribution < 1.29 is 9.79 Å². The average Bonchev–Trinajstić information content (AvgIpc) is 2.43. The van der Waals surface area contributed by atoms with Gasteiger partial charge in [-0.1, -0.05) is 20.6 Å². The first-order valence-corrected chi connectivity index (χ1v) is 5.91. The predicted octanol–water partition coefficient (Wildman–Crippen LogP) is 1.74. The van der Waals surface area contributed by atoms with E-state index in [0.717, 1.165) is 10.0 Å². The molecule has 0 aromatic heterocycles. The summed E-state index contributed by atoms with van der Waals surface area (Å²) < 4.78 is 2.79. The van der Waals surface area contributed by atoms with Crippen LogP contribution < -0.4 is 5.11 Å². The lowest BCUT2D eigenvalue weighted by molar-refractivity contribution is -0.591. The summed E-state index contributed by atoms with van der Waals surface area (Å²) >= 11 is 3.39. The summed E-state index contributed by atoms with van der Waals surface area (Å²) in [6.07, 6.45) is 2.37. The van der Waals surface area contributed by atoms with E-state index in [9.17, 15) is 5.11 Å². The molecule has 3 nitrogen and oxygen atoms in total. The number of benzene rings is 1. The van der Waals surface area contributed by atoms with Crippen molar-refractivity contribution in [1.82, 2.24) is 0 Å². The lowest BCUT2D eigenvalue weighted by Crippen LogP contribution is -2.31. The highest BCUT2D eigenvalue weighted by molar-refractivity contribution is 9.10. The van der Waals surface area contributed by atoms with Gasteiger partial charge in [-0.25, -0.2) is 0 Å². The Balaban J connectivity index is 2.34. The maximum absolute atomic E-state index is 11.3. The fourth-order valence-corrected chi connectivity index (χ4v) is 1.90. The second-order valence-electron chi connectivity index (χ2n) is 4.51. The van der Waals surface area contributed by atoms with Crippen LogP contribution in [0.4, 0.5) is 0 Å². The molecule has 0 amide bonds. The minimum Gasteiger partial charge on any atom is -0.857 e. The molecule has 0 unspecified atom stereocenters. The van der Waals surface area contributed by atoms with E-state index in [1.54, 1.807) is 4.68 Å². The molecule has 4 heteroatoms. The second-order valence-corrected chi connectivity index (χ2v) is 5.42. The quantitative estimate of drug-likeness (QED) is 0.722. The molecule has 0 bridgehead atoms. The molecule has 0 aliphatic carbocycles. The van der Waals surface area contributed by atoms with E-state index in [1.165, 1.54) is 0 Å². The Morgan fingerprint density at radius 2 is 2.00 bits per heavy atom. The first-order valence-electron chi connectivity index (χ1n) is 5.12. The van der Waals surface area contributed by atoms with Gasteiger partial charge in [0.2, 0.25) is 6.21 Å². The zero-order chi connectivity index (χ0) is 11.8. The predicted molar refractivity (Wildman–Crippen MR) is 65.7 cm³/mol. The molecule has 84 valence electrons. The van der Waals surface area contributed by atoms with E-state index >= 15 is 0 Å². The van der Waals surface area contributed by atoms with Crippen LogP contribution in [0.2, 0.25) is 0 Å². The average molecular weight is 281 g/mol. The summed E-state index contributed by atoms with van der Waals surface area (Å²) in [5.74, 6) is -0.0571. The van der Waals surface area contributed by atoms with E-state index in [0.29, 0.717) is 6.42 Å². The zero-order valence-corrected chi connectivity index (χ0v) is 10.9. The van der Waals surface area contributed by atoms with Gasteiger partial charge in [0.1, 0.15) is 0 Å². The van der Waals surface area contributed by atoms with Gasteiger partial charge < -0.3 is 5.11 Å². The normalized spacial score (nSPS) is 21.2. The Morgan fingerprint density at radius 3 is 2.50 bits per heavy atom. The number of halogens is 1. The first kappa shape index (κ1) is 11.3. The van der Waals surface area contributed by atoms with Gasteiger partial charge in [-0.2, -0.15) is 0 Å². The number of hydrogen-bond acceptors (Lipinski definition) is 2. The maximum atomic E-state index is 11.3. The van der Waals surface area contributed by atoms with Gasteiger partial charge in [0.25, 0.3) is 0 Å². The molecule has 1 heterocycles. The highest BCUT2D eigenvalue weighted by Crippen LogP contribution is 2.20. The highest BCUT2D eigenvalue weighted by Gasteiger charge is 2.36. The third kappa shape index (κ3) is 2.32. The summed E-state index contributed by atoms with van der Waals surface area (Å²) in [7, 11) is 0. The molecule has 1 aliphatic rings. The first-order chi connectivity index (χ1) is 7.47. The molecule has 0 saturated carbocycles. The Morgan fingerprint density at radius 1 is 1.38 bits per heavy atom. The van der Waals surface area contributed by atoms with Gasteiger partial charge in [0, 0.05) is 36.2 Å². The molecule has 0 atom stereocenters. The molecular weight excluding hydrogens is 268 g/mol. The van der Waals surface area contributed by atoms with Gasteiger partial charge >= 0.3 is 0 Å². The van der Waals surface area contributed by atoms with E-state index < -0.39 is 0 Å². The fraction of sp³-hybridized carbons (Fsp3) is 0.333. The van der Waals surface area contributed by atoms with E-state index in [-0.39, 0.29) is 11.4 Å². The Kier molecular flexibility index (Phi) is 2.84. The summed E-state index contributed by atoms with van der Waals surface area (Å²) in [5.41, 5.74) is 0.819. The number of nitrogens with zero attached hydrogens (tertiary/aromatic N) is 2. The number of hydrazone groups is 1. The Labute approximate surface area is 103 Å². The zero-order valence-electron chi connectivity index (χ0n) is 9.27. The van der Waals surface area contributed by atoms with Crippen LogP contribution in [0.1, 0.15) is 25.8 Å². The summed E-state index contributed by atoms with van der Waals surface area (Å²) in [4.78, 5) is 0. The van der Waals surface area contributed by atoms with Gasteiger partial charge in [0.05, 0.1) is 0 Å². The molecule has 2 rings (SSSR count). The summed E-state index contributed by atoms with van der Waals surface area (Å²) in [6.45, 7) is 4.02. The summed E-state index contributed by atoms with van der Waals surface area (Å²) in [6, 6.07) is 7.91. The van der Waals surface area contributed by atoms with Crippen molar-refractivity contribution in [2.45, 2.75) is 25.8 Å². The molecule has 1 aromatic carbocycles. The molecule has 0 saturated heterocycles. The maximum Gasteiger partial charge on any atom is 0.203 e. The standard InChI is InChI=1S/C12H13BrN2O/c1-12(2)7-11(16)14-15(12)8-9-3-5-10(13)6-4-9/h3-6,8H,7H2,1-2H3/b15-8-. The molecule has 1 aliphatic heterocycles. The molecule has 1 aromatic rings. The lowest BCUT2D eigenvalue weighted by atomic mass is 10.0. The summed E-state index contributed by atoms with van der Waals surface area (Å²) in [5, 5.41) is 15.3. The second kappa shape index (κ2) is 4.01. The topological polar surface area (TPSA) is 38.4 Å². The van der Waals surface area contributed by atoms with Gasteiger partial charge in [-0.3, -0.25) is 0 Å². The molecule has 16 heavy (non-hydrogen) atoms. The Hall–Kier alpha value is -1.16. The van der Waals surface area contributed by atoms with Crippen molar-refractivity contribution in [2.24, 2.45) is 5.10 Å². The van der Waals surface area contributed by atoms with Crippen LogP contribution in [0, 0.1) is 0 Å². The molecule has 0 fully saturated rings. The minimum absolute atomic E-state index is 0.0571. The highest BCUT2D eigenvalue weighted by atomic mass is 79.9. The van der Waals surface area contributed by atoms with Gasteiger partial charge in [-0.05, 0) is 29.4 Å². The van der Waals surface area contributed by atoms with E-state index in [4.69, 9.17) is 0 Å². The monoisotopic (exact) mass is 280 g/mol. The van der Waals surface area contributed by atoms with E-state index in [1.807, 2.05) is 44.3 Å². The Bertz CT molecular complexity index is 460. The third-order valence-electron chi connectivity index (χ3n) is 2.56.